The van der Waals surface area contributed by atoms with E-state index in [9.17, 15) is 35.8 Å². The van der Waals surface area contributed by atoms with E-state index in [1.807, 2.05) is 0 Å². The van der Waals surface area contributed by atoms with E-state index in [1.54, 1.807) is 0 Å². The monoisotopic (exact) mass is 385 g/mol. The molecule has 25 heavy (non-hydrogen) atoms. The second-order valence-corrected chi connectivity index (χ2v) is 5.93. The molecule has 0 aliphatic heterocycles. The summed E-state index contributed by atoms with van der Waals surface area (Å²) in [5.74, 6) is -0.892. The lowest BCUT2D eigenvalue weighted by Crippen LogP contribution is -2.13. The maximum atomic E-state index is 12.4. The Kier molecular flexibility index (Phi) is 5.06. The van der Waals surface area contributed by atoms with E-state index in [-0.39, 0.29) is 0 Å². The number of phosphoric ester groups is 1. The molecule has 2 aromatic rings. The predicted molar refractivity (Wildman–Crippen MR) is 71.8 cm³/mol. The van der Waals surface area contributed by atoms with Crippen LogP contribution in [0.2, 0.25) is 0 Å². The van der Waals surface area contributed by atoms with Gasteiger partial charge in [0.15, 0.2) is 0 Å². The summed E-state index contributed by atoms with van der Waals surface area (Å²) in [6.07, 6.45) is -9.20. The van der Waals surface area contributed by atoms with Crippen molar-refractivity contribution in [2.75, 3.05) is 0 Å². The molecule has 0 amide bonds. The van der Waals surface area contributed by atoms with Crippen LogP contribution in [0.15, 0.2) is 48.5 Å². The van der Waals surface area contributed by atoms with Crippen LogP contribution in [-0.2, 0) is 16.9 Å². The van der Waals surface area contributed by atoms with Gasteiger partial charge in [0.2, 0.25) is 0 Å². The first kappa shape index (κ1) is 19.1. The molecule has 2 aromatic carbocycles. The van der Waals surface area contributed by atoms with Crippen LogP contribution in [0.4, 0.5) is 26.3 Å². The number of alkyl halides is 6. The third-order valence-corrected chi connectivity index (χ3v) is 3.67. The Hall–Kier alpha value is -2.19. The second kappa shape index (κ2) is 6.61. The quantitative estimate of drug-likeness (QED) is 0.568. The Morgan fingerprint density at radius 3 is 1.20 bits per heavy atom. The summed E-state index contributed by atoms with van der Waals surface area (Å²) in [5.41, 5.74) is -2.02. The molecule has 0 bridgehead atoms. The van der Waals surface area contributed by atoms with E-state index in [0.29, 0.717) is 24.3 Å². The normalized spacial score (nSPS) is 12.8. The molecule has 0 aromatic heterocycles. The lowest BCUT2D eigenvalue weighted by atomic mass is 10.2. The van der Waals surface area contributed by atoms with Gasteiger partial charge in [-0.2, -0.15) is 26.3 Å². The molecular weight excluding hydrogens is 377 g/mol. The molecule has 2 rings (SSSR count). The van der Waals surface area contributed by atoms with Crippen LogP contribution in [-0.4, -0.2) is 0 Å². The van der Waals surface area contributed by atoms with Gasteiger partial charge in [-0.1, -0.05) is 0 Å². The second-order valence-electron chi connectivity index (χ2n) is 4.67. The van der Waals surface area contributed by atoms with Crippen LogP contribution < -0.4 is 13.9 Å². The summed E-state index contributed by atoms with van der Waals surface area (Å²) < 4.78 is 95.0. The van der Waals surface area contributed by atoms with Crippen molar-refractivity contribution >= 4 is 7.82 Å². The highest BCUT2D eigenvalue weighted by Gasteiger charge is 2.31. The Morgan fingerprint density at radius 1 is 0.680 bits per heavy atom. The van der Waals surface area contributed by atoms with Gasteiger partial charge in [-0.3, -0.25) is 0 Å². The highest BCUT2D eigenvalue weighted by atomic mass is 31.2. The first-order valence-electron chi connectivity index (χ1n) is 6.42. The molecule has 0 N–H and O–H groups in total. The molecule has 0 heterocycles. The van der Waals surface area contributed by atoms with Crippen molar-refractivity contribution in [1.29, 1.82) is 0 Å². The van der Waals surface area contributed by atoms with Gasteiger partial charge in [-0.25, -0.2) is 4.57 Å². The first-order valence-corrected chi connectivity index (χ1v) is 7.88. The van der Waals surface area contributed by atoms with Gasteiger partial charge >= 0.3 is 20.2 Å². The molecule has 11 heteroatoms. The van der Waals surface area contributed by atoms with Gasteiger partial charge in [0.25, 0.3) is 0 Å². The minimum atomic E-state index is -5.06. The average Bonchev–Trinajstić information content (AvgIpc) is 2.45. The van der Waals surface area contributed by atoms with Crippen molar-refractivity contribution in [3.05, 3.63) is 59.7 Å². The molecule has 0 aliphatic rings. The Balaban J connectivity index is 2.08. The summed E-state index contributed by atoms with van der Waals surface area (Å²) in [5, 5.41) is 0. The zero-order chi connectivity index (χ0) is 18.9. The van der Waals surface area contributed by atoms with E-state index < -0.39 is 42.8 Å². The average molecular weight is 385 g/mol. The molecule has 0 radical (unpaired) electrons. The molecule has 136 valence electrons. The number of rotatable bonds is 4. The fourth-order valence-electron chi connectivity index (χ4n) is 1.69. The highest BCUT2D eigenvalue weighted by Crippen LogP contribution is 2.42. The van der Waals surface area contributed by atoms with Gasteiger partial charge in [-0.15, -0.1) is 0 Å². The van der Waals surface area contributed by atoms with E-state index in [1.165, 1.54) is 0 Å². The van der Waals surface area contributed by atoms with Crippen molar-refractivity contribution in [2.24, 2.45) is 0 Å². The number of hydrogen-bond acceptors (Lipinski definition) is 4. The first-order chi connectivity index (χ1) is 11.4. The molecular formula is C14H8F6O4P-. The minimum absolute atomic E-state index is 0.446. The number of halogens is 6. The molecule has 0 saturated carbocycles. The van der Waals surface area contributed by atoms with Crippen LogP contribution >= 0.6 is 7.82 Å². The van der Waals surface area contributed by atoms with Gasteiger partial charge < -0.3 is 13.9 Å². The predicted octanol–water partition coefficient (Wildman–Crippen LogP) is 4.65. The molecule has 0 atom stereocenters. The third kappa shape index (κ3) is 5.40. The smallest absolute Gasteiger partial charge is 0.416 e. The Morgan fingerprint density at radius 2 is 0.960 bits per heavy atom. The van der Waals surface area contributed by atoms with Crippen LogP contribution in [0.5, 0.6) is 11.5 Å². The van der Waals surface area contributed by atoms with Crippen molar-refractivity contribution in [1.82, 2.24) is 0 Å². The number of benzene rings is 2. The maximum absolute atomic E-state index is 12.4. The summed E-state index contributed by atoms with van der Waals surface area (Å²) in [6, 6.07) is 5.49. The van der Waals surface area contributed by atoms with Crippen molar-refractivity contribution < 1.29 is 44.8 Å². The molecule has 4 nitrogen and oxygen atoms in total. The van der Waals surface area contributed by atoms with E-state index in [4.69, 9.17) is 0 Å². The van der Waals surface area contributed by atoms with Gasteiger partial charge in [0.05, 0.1) is 11.1 Å². The van der Waals surface area contributed by atoms with Crippen molar-refractivity contribution in [3.8, 4) is 11.5 Å². The van der Waals surface area contributed by atoms with E-state index in [2.05, 4.69) is 9.05 Å². The molecule has 0 spiro atoms. The van der Waals surface area contributed by atoms with Crippen LogP contribution in [0.3, 0.4) is 0 Å². The minimum Gasteiger partial charge on any atom is -0.736 e. The lowest BCUT2D eigenvalue weighted by molar-refractivity contribution is -0.208. The SMILES string of the molecule is O=P([O-])(Oc1ccc(C(F)(F)F)cc1)Oc1ccc(C(F)(F)F)cc1. The van der Waals surface area contributed by atoms with Gasteiger partial charge in [-0.05, 0) is 48.5 Å². The maximum Gasteiger partial charge on any atom is 0.416 e. The molecule has 0 unspecified atom stereocenters. The molecule has 0 fully saturated rings. The largest absolute Gasteiger partial charge is 0.736 e. The Labute approximate surface area is 137 Å². The summed E-state index contributed by atoms with van der Waals surface area (Å²) in [7, 11) is -5.06. The number of phosphoric acid groups is 1. The zero-order valence-corrected chi connectivity index (χ0v) is 12.9. The molecule has 0 saturated heterocycles. The van der Waals surface area contributed by atoms with Crippen molar-refractivity contribution in [2.45, 2.75) is 12.4 Å². The summed E-state index contributed by atoms with van der Waals surface area (Å²) in [4.78, 5) is 11.7. The lowest BCUT2D eigenvalue weighted by Gasteiger charge is -2.24. The van der Waals surface area contributed by atoms with Crippen LogP contribution in [0.1, 0.15) is 11.1 Å². The van der Waals surface area contributed by atoms with Gasteiger partial charge in [0, 0.05) is 0 Å². The fourth-order valence-corrected chi connectivity index (χ4v) is 2.48. The van der Waals surface area contributed by atoms with E-state index >= 15 is 0 Å². The molecule has 0 aliphatic carbocycles. The topological polar surface area (TPSA) is 58.6 Å². The van der Waals surface area contributed by atoms with Crippen LogP contribution in [0, 0.1) is 0 Å². The summed E-state index contributed by atoms with van der Waals surface area (Å²) >= 11 is 0. The zero-order valence-electron chi connectivity index (χ0n) is 12.0. The van der Waals surface area contributed by atoms with Gasteiger partial charge in [0.1, 0.15) is 11.5 Å². The highest BCUT2D eigenvalue weighted by molar-refractivity contribution is 7.46. The van der Waals surface area contributed by atoms with Crippen molar-refractivity contribution in [3.63, 3.8) is 0 Å². The summed E-state index contributed by atoms with van der Waals surface area (Å²) in [6.45, 7) is 0. The third-order valence-electron chi connectivity index (χ3n) is 2.80. The van der Waals surface area contributed by atoms with Crippen LogP contribution in [0.25, 0.3) is 0 Å². The standard InChI is InChI=1S/C14H9F6O4P/c15-13(16,17)9-1-5-11(6-2-9)23-25(21,22)24-12-7-3-10(4-8-12)14(18,19)20/h1-8H,(H,21,22)/p-1. The Bertz CT molecular complexity index is 704. The van der Waals surface area contributed by atoms with E-state index in [0.717, 1.165) is 24.3 Å². The number of hydrogen-bond donors (Lipinski definition) is 0. The fraction of sp³-hybridized carbons (Fsp3) is 0.143.